The molecule has 3 unspecified atom stereocenters. The third-order valence-electron chi connectivity index (χ3n) is 5.63. The first-order chi connectivity index (χ1) is 13.2. The van der Waals surface area contributed by atoms with Gasteiger partial charge < -0.3 is 16.0 Å². The van der Waals surface area contributed by atoms with E-state index in [1.54, 1.807) is 12.1 Å². The summed E-state index contributed by atoms with van der Waals surface area (Å²) in [5, 5.41) is 5.49. The molecule has 0 bridgehead atoms. The van der Waals surface area contributed by atoms with Gasteiger partial charge in [0.1, 0.15) is 6.04 Å². The Morgan fingerprint density at radius 1 is 1.21 bits per heavy atom. The highest BCUT2D eigenvalue weighted by molar-refractivity contribution is 7.91. The highest BCUT2D eigenvalue weighted by atomic mass is 32.2. The van der Waals surface area contributed by atoms with E-state index in [2.05, 4.69) is 10.6 Å². The molecule has 2 saturated heterocycles. The van der Waals surface area contributed by atoms with Crippen LogP contribution in [0, 0.1) is 0 Å². The summed E-state index contributed by atoms with van der Waals surface area (Å²) in [6.45, 7) is 0.668. The number of hydrogen-bond acceptors (Lipinski definition) is 7. The molecular weight excluding hydrogens is 384 g/mol. The second-order valence-electron chi connectivity index (χ2n) is 7.57. The molecule has 0 aromatic heterocycles. The zero-order valence-corrected chi connectivity index (χ0v) is 16.0. The van der Waals surface area contributed by atoms with Crippen molar-refractivity contribution in [2.45, 2.75) is 44.1 Å². The molecule has 1 aromatic rings. The summed E-state index contributed by atoms with van der Waals surface area (Å²) in [5.41, 5.74) is 8.15. The number of sulfone groups is 1. The molecule has 9 nitrogen and oxygen atoms in total. The maximum atomic E-state index is 12.8. The Bertz CT molecular complexity index is 961. The van der Waals surface area contributed by atoms with Crippen molar-refractivity contribution in [2.24, 2.45) is 5.73 Å². The predicted molar refractivity (Wildman–Crippen MR) is 99.7 cm³/mol. The van der Waals surface area contributed by atoms with Gasteiger partial charge in [0.05, 0.1) is 11.5 Å². The zero-order valence-electron chi connectivity index (χ0n) is 15.2. The van der Waals surface area contributed by atoms with Gasteiger partial charge >= 0.3 is 0 Å². The third-order valence-corrected chi connectivity index (χ3v) is 7.39. The summed E-state index contributed by atoms with van der Waals surface area (Å²) >= 11 is 0. The number of piperidine rings is 1. The average molecular weight is 406 g/mol. The van der Waals surface area contributed by atoms with E-state index >= 15 is 0 Å². The Morgan fingerprint density at radius 2 is 2.00 bits per heavy atom. The van der Waals surface area contributed by atoms with Gasteiger partial charge in [-0.3, -0.25) is 19.7 Å². The number of hydrogen-bond donors (Lipinski definition) is 3. The molecule has 3 atom stereocenters. The van der Waals surface area contributed by atoms with Crippen LogP contribution in [0.5, 0.6) is 0 Å². The number of amides is 3. The van der Waals surface area contributed by atoms with Crippen LogP contribution >= 0.6 is 0 Å². The summed E-state index contributed by atoms with van der Waals surface area (Å²) < 4.78 is 23.5. The van der Waals surface area contributed by atoms with Crippen LogP contribution in [-0.4, -0.2) is 60.7 Å². The number of benzene rings is 1. The summed E-state index contributed by atoms with van der Waals surface area (Å²) in [7, 11) is -3.13. The number of nitrogens with zero attached hydrogens (tertiary/aromatic N) is 1. The van der Waals surface area contributed by atoms with E-state index in [1.807, 2.05) is 6.07 Å². The quantitative estimate of drug-likeness (QED) is 0.526. The van der Waals surface area contributed by atoms with Crippen LogP contribution in [0.1, 0.15) is 34.3 Å². The average Bonchev–Trinajstić information content (AvgIpc) is 3.09. The van der Waals surface area contributed by atoms with Gasteiger partial charge in [0, 0.05) is 37.2 Å². The number of nitrogens with two attached hydrogens (primary N) is 1. The molecule has 0 radical (unpaired) electrons. The maximum absolute atomic E-state index is 12.8. The van der Waals surface area contributed by atoms with E-state index in [0.717, 1.165) is 11.1 Å². The summed E-state index contributed by atoms with van der Waals surface area (Å²) in [4.78, 5) is 37.9. The summed E-state index contributed by atoms with van der Waals surface area (Å²) in [5.74, 6) is -1.02. The second-order valence-corrected chi connectivity index (χ2v) is 9.73. The molecule has 3 heterocycles. The molecule has 3 aliphatic rings. The molecule has 3 amide bonds. The maximum Gasteiger partial charge on any atom is 0.255 e. The Morgan fingerprint density at radius 3 is 2.68 bits per heavy atom. The monoisotopic (exact) mass is 406 g/mol. The van der Waals surface area contributed by atoms with Crippen LogP contribution in [0.25, 0.3) is 0 Å². The first-order valence-electron chi connectivity index (χ1n) is 9.20. The van der Waals surface area contributed by atoms with Gasteiger partial charge in [-0.2, -0.15) is 0 Å². The lowest BCUT2D eigenvalue weighted by atomic mass is 10.0. The van der Waals surface area contributed by atoms with Crippen molar-refractivity contribution >= 4 is 27.6 Å². The minimum Gasteiger partial charge on any atom is -0.325 e. The molecule has 4 N–H and O–H groups in total. The number of carbonyl (C=O) groups is 3. The van der Waals surface area contributed by atoms with Crippen LogP contribution in [0.3, 0.4) is 0 Å². The normalized spacial score (nSPS) is 29.1. The van der Waals surface area contributed by atoms with Crippen molar-refractivity contribution in [1.29, 1.82) is 0 Å². The fraction of sp³-hybridized carbons (Fsp3) is 0.500. The van der Waals surface area contributed by atoms with E-state index in [-0.39, 0.29) is 42.3 Å². The first-order valence-corrected chi connectivity index (χ1v) is 11.0. The highest BCUT2D eigenvalue weighted by Crippen LogP contribution is 2.30. The van der Waals surface area contributed by atoms with Crippen molar-refractivity contribution in [2.75, 3.05) is 11.5 Å². The fourth-order valence-corrected chi connectivity index (χ4v) is 6.01. The minimum atomic E-state index is -3.13. The second kappa shape index (κ2) is 6.94. The lowest BCUT2D eigenvalue weighted by molar-refractivity contribution is -0.136. The summed E-state index contributed by atoms with van der Waals surface area (Å²) in [6, 6.07) is 3.92. The first kappa shape index (κ1) is 19.0. The molecule has 10 heteroatoms. The van der Waals surface area contributed by atoms with E-state index in [0.29, 0.717) is 18.5 Å². The molecule has 28 heavy (non-hydrogen) atoms. The topological polar surface area (TPSA) is 139 Å². The molecule has 0 aliphatic carbocycles. The predicted octanol–water partition coefficient (Wildman–Crippen LogP) is -1.34. The molecule has 1 aromatic carbocycles. The van der Waals surface area contributed by atoms with Crippen molar-refractivity contribution < 1.29 is 22.8 Å². The van der Waals surface area contributed by atoms with E-state index in [4.69, 9.17) is 5.73 Å². The molecule has 0 saturated carbocycles. The third kappa shape index (κ3) is 3.43. The number of carbonyl (C=O) groups excluding carboxylic acids is 3. The van der Waals surface area contributed by atoms with E-state index < -0.39 is 27.8 Å². The van der Waals surface area contributed by atoms with Crippen LogP contribution < -0.4 is 16.4 Å². The number of fused-ring (bicyclic) bond motifs is 1. The number of nitrogens with one attached hydrogen (secondary N) is 2. The molecule has 0 spiro atoms. The highest BCUT2D eigenvalue weighted by Gasteiger charge is 2.40. The standard InChI is InChI=1S/C18H22N4O5S/c19-13-8-28(26,27)9-14(13)20-6-10-2-1-3-11-12(10)7-22(18(11)25)15-4-5-16(23)21-17(15)24/h1-3,13-15,20H,4-9,19H2,(H,21,23,24). The number of rotatable bonds is 4. The van der Waals surface area contributed by atoms with Crippen LogP contribution in [0.15, 0.2) is 18.2 Å². The molecular formula is C18H22N4O5S. The van der Waals surface area contributed by atoms with Gasteiger partial charge in [0.15, 0.2) is 9.84 Å². The largest absolute Gasteiger partial charge is 0.325 e. The van der Waals surface area contributed by atoms with Gasteiger partial charge in [-0.05, 0) is 23.6 Å². The molecule has 2 fully saturated rings. The molecule has 3 aliphatic heterocycles. The number of imide groups is 1. The minimum absolute atomic E-state index is 0.00448. The molecule has 150 valence electrons. The lowest BCUT2D eigenvalue weighted by Gasteiger charge is -2.29. The van der Waals surface area contributed by atoms with Gasteiger partial charge in [-0.25, -0.2) is 8.42 Å². The van der Waals surface area contributed by atoms with Crippen LogP contribution in [0.2, 0.25) is 0 Å². The lowest BCUT2D eigenvalue weighted by Crippen LogP contribution is -2.52. The van der Waals surface area contributed by atoms with E-state index in [9.17, 15) is 22.8 Å². The Kier molecular flexibility index (Phi) is 4.72. The van der Waals surface area contributed by atoms with Gasteiger partial charge in [-0.15, -0.1) is 0 Å². The summed E-state index contributed by atoms with van der Waals surface area (Å²) in [6.07, 6.45) is 0.520. The Labute approximate surface area is 162 Å². The van der Waals surface area contributed by atoms with Gasteiger partial charge in [-0.1, -0.05) is 12.1 Å². The van der Waals surface area contributed by atoms with Crippen molar-refractivity contribution in [3.8, 4) is 0 Å². The van der Waals surface area contributed by atoms with Gasteiger partial charge in [0.25, 0.3) is 5.91 Å². The van der Waals surface area contributed by atoms with Crippen molar-refractivity contribution in [3.05, 3.63) is 34.9 Å². The van der Waals surface area contributed by atoms with Crippen molar-refractivity contribution in [1.82, 2.24) is 15.5 Å². The van der Waals surface area contributed by atoms with Gasteiger partial charge in [0.2, 0.25) is 11.8 Å². The van der Waals surface area contributed by atoms with Crippen molar-refractivity contribution in [3.63, 3.8) is 0 Å². The van der Waals surface area contributed by atoms with Crippen LogP contribution in [0.4, 0.5) is 0 Å². The fourth-order valence-electron chi connectivity index (χ4n) is 4.14. The Hall–Kier alpha value is -2.30. The van der Waals surface area contributed by atoms with E-state index in [1.165, 1.54) is 4.90 Å². The van der Waals surface area contributed by atoms with Crippen LogP contribution in [-0.2, 0) is 32.5 Å². The zero-order chi connectivity index (χ0) is 20.1. The Balaban J connectivity index is 1.50. The SMILES string of the molecule is NC1CS(=O)(=O)CC1NCc1cccc2c1CN(C1CCC(=O)NC1=O)C2=O. The molecule has 4 rings (SSSR count). The smallest absolute Gasteiger partial charge is 0.255 e.